The van der Waals surface area contributed by atoms with Crippen LogP contribution in [0.4, 0.5) is 0 Å². The average Bonchev–Trinajstić information content (AvgIpc) is 2.90. The van der Waals surface area contributed by atoms with Crippen molar-refractivity contribution in [2.45, 2.75) is 0 Å². The number of rotatable bonds is 6. The van der Waals surface area contributed by atoms with Gasteiger partial charge in [0.1, 0.15) is 11.0 Å². The minimum absolute atomic E-state index is 0.0817. The molecule has 0 saturated carbocycles. The van der Waals surface area contributed by atoms with Gasteiger partial charge in [-0.25, -0.2) is 0 Å². The maximum absolute atomic E-state index is 12.3. The number of fused-ring (bicyclic) bond motifs is 1. The number of carbonyl (C=O) groups excluding carboxylic acids is 1. The second-order valence-corrected chi connectivity index (χ2v) is 4.04. The number of ether oxygens (including phenoxy) is 1. The highest BCUT2D eigenvalue weighted by molar-refractivity contribution is 5.97. The number of H-pyrrole nitrogens is 1. The van der Waals surface area contributed by atoms with Gasteiger partial charge in [-0.15, -0.1) is 0 Å². The van der Waals surface area contributed by atoms with Gasteiger partial charge in [0.05, 0.1) is 13.2 Å². The molecule has 2 rings (SSSR count). The quantitative estimate of drug-likeness (QED) is 0.768. The van der Waals surface area contributed by atoms with Crippen molar-refractivity contribution in [2.75, 3.05) is 33.4 Å². The summed E-state index contributed by atoms with van der Waals surface area (Å²) in [4.78, 5) is 13.9. The van der Waals surface area contributed by atoms with E-state index in [1.807, 2.05) is 0 Å². The van der Waals surface area contributed by atoms with Crippen LogP contribution in [0.25, 0.3) is 11.0 Å². The highest BCUT2D eigenvalue weighted by Gasteiger charge is 2.16. The van der Waals surface area contributed by atoms with E-state index in [1.165, 1.54) is 0 Å². The van der Waals surface area contributed by atoms with Gasteiger partial charge >= 0.3 is 0 Å². The fraction of sp³-hybridized carbons (Fsp3) is 0.417. The van der Waals surface area contributed by atoms with Gasteiger partial charge in [0, 0.05) is 25.8 Å². The Morgan fingerprint density at radius 2 is 2.16 bits per heavy atom. The molecule has 1 amide bonds. The molecule has 0 aliphatic heterocycles. The molecule has 102 valence electrons. The number of aromatic nitrogens is 3. The van der Waals surface area contributed by atoms with E-state index in [4.69, 9.17) is 9.84 Å². The molecule has 0 bridgehead atoms. The van der Waals surface area contributed by atoms with E-state index in [9.17, 15) is 4.79 Å². The van der Waals surface area contributed by atoms with Crippen LogP contribution >= 0.6 is 0 Å². The summed E-state index contributed by atoms with van der Waals surface area (Å²) in [6.45, 7) is 1.06. The van der Waals surface area contributed by atoms with Gasteiger partial charge in [-0.1, -0.05) is 0 Å². The molecular weight excluding hydrogens is 248 g/mol. The van der Waals surface area contributed by atoms with Crippen LogP contribution in [-0.2, 0) is 4.74 Å². The zero-order chi connectivity index (χ0) is 13.7. The summed E-state index contributed by atoms with van der Waals surface area (Å²) in [6, 6.07) is 5.11. The third-order valence-corrected chi connectivity index (χ3v) is 2.79. The van der Waals surface area contributed by atoms with Crippen LogP contribution in [-0.4, -0.2) is 64.7 Å². The summed E-state index contributed by atoms with van der Waals surface area (Å²) >= 11 is 0. The highest BCUT2D eigenvalue weighted by Crippen LogP contribution is 2.12. The largest absolute Gasteiger partial charge is 0.395 e. The molecule has 7 nitrogen and oxygen atoms in total. The molecule has 19 heavy (non-hydrogen) atoms. The van der Waals surface area contributed by atoms with E-state index in [-0.39, 0.29) is 19.1 Å². The fourth-order valence-corrected chi connectivity index (χ4v) is 1.79. The Hall–Kier alpha value is -1.99. The minimum atomic E-state index is -0.156. The number of hydrogen-bond donors (Lipinski definition) is 2. The lowest BCUT2D eigenvalue weighted by molar-refractivity contribution is 0.0656. The Morgan fingerprint density at radius 1 is 1.37 bits per heavy atom. The number of carbonyl (C=O) groups is 1. The standard InChI is InChI=1S/C12H16N4O3/c1-19-7-5-16(4-6-17)12(18)9-2-3-10-11(8-9)14-15-13-10/h2-3,8,17H,4-7H2,1H3,(H,13,14,15). The van der Waals surface area contributed by atoms with Crippen LogP contribution in [0.3, 0.4) is 0 Å². The predicted octanol–water partition coefficient (Wildman–Crippen LogP) is 0.0388. The number of aliphatic hydroxyl groups is 1. The number of benzene rings is 1. The number of aromatic amines is 1. The molecule has 1 aromatic heterocycles. The van der Waals surface area contributed by atoms with Crippen molar-refractivity contribution in [3.05, 3.63) is 23.8 Å². The second kappa shape index (κ2) is 6.26. The Morgan fingerprint density at radius 3 is 2.89 bits per heavy atom. The van der Waals surface area contributed by atoms with Crippen molar-refractivity contribution in [1.29, 1.82) is 0 Å². The number of aliphatic hydroxyl groups excluding tert-OH is 1. The Balaban J connectivity index is 2.19. The normalized spacial score (nSPS) is 10.8. The summed E-state index contributed by atoms with van der Waals surface area (Å²) in [5.41, 5.74) is 1.87. The van der Waals surface area contributed by atoms with Crippen molar-refractivity contribution in [1.82, 2.24) is 20.3 Å². The van der Waals surface area contributed by atoms with E-state index in [1.54, 1.807) is 30.2 Å². The van der Waals surface area contributed by atoms with Crippen LogP contribution in [0.2, 0.25) is 0 Å². The molecule has 0 spiro atoms. The van der Waals surface area contributed by atoms with Crippen molar-refractivity contribution >= 4 is 16.9 Å². The van der Waals surface area contributed by atoms with Crippen molar-refractivity contribution < 1.29 is 14.6 Å². The zero-order valence-corrected chi connectivity index (χ0v) is 10.7. The Kier molecular flexibility index (Phi) is 4.43. The van der Waals surface area contributed by atoms with Crippen LogP contribution < -0.4 is 0 Å². The molecule has 0 atom stereocenters. The first kappa shape index (κ1) is 13.4. The van der Waals surface area contributed by atoms with Gasteiger partial charge in [-0.2, -0.15) is 15.4 Å². The molecule has 0 unspecified atom stereocenters. The molecule has 1 aromatic carbocycles. The topological polar surface area (TPSA) is 91.3 Å². The molecule has 7 heteroatoms. The maximum atomic E-state index is 12.3. The number of hydrogen-bond acceptors (Lipinski definition) is 5. The van der Waals surface area contributed by atoms with Crippen molar-refractivity contribution in [2.24, 2.45) is 0 Å². The average molecular weight is 264 g/mol. The smallest absolute Gasteiger partial charge is 0.254 e. The number of methoxy groups -OCH3 is 1. The molecular formula is C12H16N4O3. The van der Waals surface area contributed by atoms with Gasteiger partial charge < -0.3 is 14.7 Å². The lowest BCUT2D eigenvalue weighted by Gasteiger charge is -2.21. The molecule has 1 heterocycles. The van der Waals surface area contributed by atoms with Crippen LogP contribution in [0.15, 0.2) is 18.2 Å². The lowest BCUT2D eigenvalue weighted by Crippen LogP contribution is -2.36. The first-order valence-corrected chi connectivity index (χ1v) is 5.96. The number of nitrogens with one attached hydrogen (secondary N) is 1. The third kappa shape index (κ3) is 3.07. The Bertz CT molecular complexity index is 555. The molecule has 0 radical (unpaired) electrons. The van der Waals surface area contributed by atoms with Gasteiger partial charge in [0.2, 0.25) is 0 Å². The van der Waals surface area contributed by atoms with E-state index >= 15 is 0 Å². The first-order valence-electron chi connectivity index (χ1n) is 5.96. The lowest BCUT2D eigenvalue weighted by atomic mass is 10.1. The first-order chi connectivity index (χ1) is 9.26. The van der Waals surface area contributed by atoms with Crippen molar-refractivity contribution in [3.63, 3.8) is 0 Å². The van der Waals surface area contributed by atoms with Crippen LogP contribution in [0.1, 0.15) is 10.4 Å². The molecule has 0 saturated heterocycles. The molecule has 2 N–H and O–H groups in total. The molecule has 2 aromatic rings. The summed E-state index contributed by atoms with van der Waals surface area (Å²) in [6.07, 6.45) is 0. The minimum Gasteiger partial charge on any atom is -0.395 e. The summed E-state index contributed by atoms with van der Waals surface area (Å²) in [7, 11) is 1.57. The number of amides is 1. The summed E-state index contributed by atoms with van der Waals surface area (Å²) < 4.78 is 4.96. The van der Waals surface area contributed by atoms with Gasteiger partial charge in [0.25, 0.3) is 5.91 Å². The third-order valence-electron chi connectivity index (χ3n) is 2.79. The molecule has 0 fully saturated rings. The highest BCUT2D eigenvalue weighted by atomic mass is 16.5. The van der Waals surface area contributed by atoms with E-state index in [2.05, 4.69) is 15.4 Å². The summed E-state index contributed by atoms with van der Waals surface area (Å²) in [5.74, 6) is -0.156. The number of nitrogens with zero attached hydrogens (tertiary/aromatic N) is 3. The Labute approximate surface area is 110 Å². The second-order valence-electron chi connectivity index (χ2n) is 4.04. The van der Waals surface area contributed by atoms with Crippen LogP contribution in [0.5, 0.6) is 0 Å². The van der Waals surface area contributed by atoms with E-state index < -0.39 is 0 Å². The van der Waals surface area contributed by atoms with Gasteiger partial charge in [0.15, 0.2) is 0 Å². The molecule has 0 aliphatic rings. The maximum Gasteiger partial charge on any atom is 0.254 e. The van der Waals surface area contributed by atoms with Gasteiger partial charge in [-0.05, 0) is 18.2 Å². The van der Waals surface area contributed by atoms with Crippen molar-refractivity contribution in [3.8, 4) is 0 Å². The predicted molar refractivity (Wildman–Crippen MR) is 68.8 cm³/mol. The fourth-order valence-electron chi connectivity index (χ4n) is 1.79. The van der Waals surface area contributed by atoms with E-state index in [0.717, 1.165) is 0 Å². The van der Waals surface area contributed by atoms with Crippen LogP contribution in [0, 0.1) is 0 Å². The summed E-state index contributed by atoms with van der Waals surface area (Å²) in [5, 5.41) is 19.4. The van der Waals surface area contributed by atoms with Gasteiger partial charge in [-0.3, -0.25) is 4.79 Å². The SMILES string of the molecule is COCCN(CCO)C(=O)c1ccc2n[nH]nc2c1. The molecule has 0 aliphatic carbocycles. The monoisotopic (exact) mass is 264 g/mol. The van der Waals surface area contributed by atoms with E-state index in [0.29, 0.717) is 29.7 Å². The zero-order valence-electron chi connectivity index (χ0n) is 10.7.